The first-order chi connectivity index (χ1) is 5.83. The van der Waals surface area contributed by atoms with Crippen LogP contribution in [0.25, 0.3) is 0 Å². The maximum atomic E-state index is 11.6. The largest absolute Gasteiger partial charge is 0.364 e. The topological polar surface area (TPSA) is 58.9 Å². The van der Waals surface area contributed by atoms with Gasteiger partial charge in [0, 0.05) is 29.9 Å². The van der Waals surface area contributed by atoms with Gasteiger partial charge in [-0.2, -0.15) is 0 Å². The number of carbonyl (C=O) groups excluding carboxylic acids is 1. The van der Waals surface area contributed by atoms with Crippen LogP contribution in [-0.4, -0.2) is 17.3 Å². The van der Waals surface area contributed by atoms with Crippen LogP contribution in [0.5, 0.6) is 0 Å². The molecule has 64 valence electrons. The van der Waals surface area contributed by atoms with Crippen molar-refractivity contribution in [2.45, 2.75) is 12.8 Å². The number of nitrogens with two attached hydrogens (primary N) is 1. The first-order valence-corrected chi connectivity index (χ1v) is 4.23. The summed E-state index contributed by atoms with van der Waals surface area (Å²) in [6, 6.07) is 1.85. The molecule has 3 nitrogen and oxygen atoms in total. The Morgan fingerprint density at radius 1 is 1.67 bits per heavy atom. The molecule has 0 saturated heterocycles. The molecule has 1 aromatic heterocycles. The molecule has 0 fully saturated rings. The number of aryl methyl sites for hydroxylation is 1. The summed E-state index contributed by atoms with van der Waals surface area (Å²) >= 11 is 0. The smallest absolute Gasteiger partial charge is 0.169 e. The molecule has 0 aliphatic heterocycles. The van der Waals surface area contributed by atoms with Crippen molar-refractivity contribution in [2.75, 3.05) is 6.54 Å². The van der Waals surface area contributed by atoms with Crippen molar-refractivity contribution < 1.29 is 4.79 Å². The van der Waals surface area contributed by atoms with Gasteiger partial charge in [0.1, 0.15) is 0 Å². The van der Waals surface area contributed by atoms with Gasteiger partial charge in [0.15, 0.2) is 5.78 Å². The lowest BCUT2D eigenvalue weighted by atomic mass is 9.87. The Bertz CT molecular complexity index is 303. The van der Waals surface area contributed by atoms with E-state index < -0.39 is 0 Å². The number of Topliss-reactive ketones (excluding diaryl/α,β-unsaturated/α-hetero) is 1. The summed E-state index contributed by atoms with van der Waals surface area (Å²) in [4.78, 5) is 14.7. The van der Waals surface area contributed by atoms with Crippen LogP contribution in [0.3, 0.4) is 0 Å². The molecule has 0 bridgehead atoms. The molecule has 1 aromatic rings. The van der Waals surface area contributed by atoms with Gasteiger partial charge in [0.25, 0.3) is 0 Å². The van der Waals surface area contributed by atoms with E-state index in [2.05, 4.69) is 4.98 Å². The van der Waals surface area contributed by atoms with E-state index in [4.69, 9.17) is 5.73 Å². The van der Waals surface area contributed by atoms with Crippen LogP contribution >= 0.6 is 0 Å². The normalized spacial score (nSPS) is 22.4. The van der Waals surface area contributed by atoms with Crippen LogP contribution in [0.15, 0.2) is 12.3 Å². The van der Waals surface area contributed by atoms with Crippen LogP contribution < -0.4 is 5.73 Å². The van der Waals surface area contributed by atoms with Gasteiger partial charge >= 0.3 is 0 Å². The monoisotopic (exact) mass is 164 g/mol. The van der Waals surface area contributed by atoms with Gasteiger partial charge in [-0.15, -0.1) is 0 Å². The summed E-state index contributed by atoms with van der Waals surface area (Å²) in [6.07, 6.45) is 3.67. The van der Waals surface area contributed by atoms with E-state index >= 15 is 0 Å². The second-order valence-corrected chi connectivity index (χ2v) is 3.21. The second kappa shape index (κ2) is 2.75. The van der Waals surface area contributed by atoms with Gasteiger partial charge in [-0.25, -0.2) is 0 Å². The summed E-state index contributed by atoms with van der Waals surface area (Å²) in [5, 5.41) is 0. The third-order valence-corrected chi connectivity index (χ3v) is 2.50. The Balaban J connectivity index is 2.35. The molecule has 3 N–H and O–H groups in total. The van der Waals surface area contributed by atoms with E-state index in [0.717, 1.165) is 24.1 Å². The molecular weight excluding hydrogens is 152 g/mol. The van der Waals surface area contributed by atoms with E-state index in [0.29, 0.717) is 6.54 Å². The highest BCUT2D eigenvalue weighted by Gasteiger charge is 2.26. The number of rotatable bonds is 1. The van der Waals surface area contributed by atoms with Crippen LogP contribution in [0.2, 0.25) is 0 Å². The Morgan fingerprint density at radius 3 is 3.25 bits per heavy atom. The fourth-order valence-corrected chi connectivity index (χ4v) is 1.74. The number of aromatic nitrogens is 1. The summed E-state index contributed by atoms with van der Waals surface area (Å²) in [7, 11) is 0. The third-order valence-electron chi connectivity index (χ3n) is 2.50. The minimum Gasteiger partial charge on any atom is -0.364 e. The van der Waals surface area contributed by atoms with Crippen molar-refractivity contribution in [3.63, 3.8) is 0 Å². The number of hydrogen-bond acceptors (Lipinski definition) is 2. The molecule has 3 heteroatoms. The quantitative estimate of drug-likeness (QED) is 0.642. The molecule has 2 rings (SSSR count). The lowest BCUT2D eigenvalue weighted by molar-refractivity contribution is 0.0907. The van der Waals surface area contributed by atoms with Crippen molar-refractivity contribution in [3.8, 4) is 0 Å². The zero-order valence-electron chi connectivity index (χ0n) is 6.84. The maximum absolute atomic E-state index is 11.6. The predicted octanol–water partition coefficient (Wildman–Crippen LogP) is 0.718. The lowest BCUT2D eigenvalue weighted by Crippen LogP contribution is -2.28. The third kappa shape index (κ3) is 0.975. The van der Waals surface area contributed by atoms with Crippen LogP contribution in [-0.2, 0) is 6.42 Å². The number of nitrogens with one attached hydrogen (secondary N) is 1. The molecule has 1 aliphatic carbocycles. The highest BCUT2D eigenvalue weighted by Crippen LogP contribution is 2.23. The molecule has 1 unspecified atom stereocenters. The molecule has 0 aromatic carbocycles. The van der Waals surface area contributed by atoms with Crippen molar-refractivity contribution in [1.82, 2.24) is 4.98 Å². The lowest BCUT2D eigenvalue weighted by Gasteiger charge is -2.18. The summed E-state index contributed by atoms with van der Waals surface area (Å²) in [6.45, 7) is 0.476. The molecule has 12 heavy (non-hydrogen) atoms. The minimum absolute atomic E-state index is 0.0494. The molecule has 0 amide bonds. The molecule has 0 spiro atoms. The molecule has 1 heterocycles. The van der Waals surface area contributed by atoms with E-state index in [9.17, 15) is 4.79 Å². The molecule has 0 saturated carbocycles. The van der Waals surface area contributed by atoms with Crippen molar-refractivity contribution >= 4 is 5.78 Å². The minimum atomic E-state index is 0.0494. The summed E-state index contributed by atoms with van der Waals surface area (Å²) < 4.78 is 0. The molecular formula is C9H12N2O. The Kier molecular flexibility index (Phi) is 1.73. The van der Waals surface area contributed by atoms with Crippen LogP contribution in [0, 0.1) is 5.92 Å². The summed E-state index contributed by atoms with van der Waals surface area (Å²) in [5.41, 5.74) is 7.41. The van der Waals surface area contributed by atoms with E-state index in [1.165, 1.54) is 0 Å². The van der Waals surface area contributed by atoms with Crippen LogP contribution in [0.1, 0.15) is 22.5 Å². The van der Waals surface area contributed by atoms with E-state index in [-0.39, 0.29) is 11.7 Å². The van der Waals surface area contributed by atoms with Crippen molar-refractivity contribution in [2.24, 2.45) is 11.7 Å². The van der Waals surface area contributed by atoms with Gasteiger partial charge in [-0.05, 0) is 18.9 Å². The van der Waals surface area contributed by atoms with Crippen molar-refractivity contribution in [1.29, 1.82) is 0 Å². The predicted molar refractivity (Wildman–Crippen MR) is 46.0 cm³/mol. The second-order valence-electron chi connectivity index (χ2n) is 3.21. The number of ketones is 1. The molecule has 1 atom stereocenters. The van der Waals surface area contributed by atoms with E-state index in [1.54, 1.807) is 0 Å². The molecule has 1 aliphatic rings. The average molecular weight is 164 g/mol. The van der Waals surface area contributed by atoms with Gasteiger partial charge in [-0.3, -0.25) is 4.79 Å². The first kappa shape index (κ1) is 7.55. The maximum Gasteiger partial charge on any atom is 0.169 e. The number of fused-ring (bicyclic) bond motifs is 1. The fourth-order valence-electron chi connectivity index (χ4n) is 1.74. The zero-order chi connectivity index (χ0) is 8.55. The van der Waals surface area contributed by atoms with Crippen LogP contribution in [0.4, 0.5) is 0 Å². The Labute approximate surface area is 71.0 Å². The Morgan fingerprint density at radius 2 is 2.50 bits per heavy atom. The number of carbonyl (C=O) groups is 1. The summed E-state index contributed by atoms with van der Waals surface area (Å²) in [5.74, 6) is 0.258. The standard InChI is InChI=1S/C9H12N2O/c10-5-6-1-2-8-7(9(6)12)3-4-11-8/h3-4,6,11H,1-2,5,10H2. The number of H-pyrrole nitrogens is 1. The van der Waals surface area contributed by atoms with E-state index in [1.807, 2.05) is 12.3 Å². The van der Waals surface area contributed by atoms with Gasteiger partial charge in [-0.1, -0.05) is 0 Å². The molecule has 0 radical (unpaired) electrons. The number of aromatic amines is 1. The number of hydrogen-bond donors (Lipinski definition) is 2. The van der Waals surface area contributed by atoms with Gasteiger partial charge < -0.3 is 10.7 Å². The fraction of sp³-hybridized carbons (Fsp3) is 0.444. The van der Waals surface area contributed by atoms with Gasteiger partial charge in [0.05, 0.1) is 0 Å². The SMILES string of the molecule is NCC1CCc2[nH]ccc2C1=O. The first-order valence-electron chi connectivity index (χ1n) is 4.23. The van der Waals surface area contributed by atoms with Gasteiger partial charge in [0.2, 0.25) is 0 Å². The highest BCUT2D eigenvalue weighted by molar-refractivity contribution is 6.00. The van der Waals surface area contributed by atoms with Crippen molar-refractivity contribution in [3.05, 3.63) is 23.5 Å². The average Bonchev–Trinajstić information content (AvgIpc) is 2.53. The highest BCUT2D eigenvalue weighted by atomic mass is 16.1. The zero-order valence-corrected chi connectivity index (χ0v) is 6.84. The Hall–Kier alpha value is -1.09.